The van der Waals surface area contributed by atoms with Gasteiger partial charge >= 0.3 is 0 Å². The van der Waals surface area contributed by atoms with Crippen molar-refractivity contribution in [3.8, 4) is 0 Å². The van der Waals surface area contributed by atoms with E-state index in [1.54, 1.807) is 0 Å². The molecular weight excluding hydrogens is 340 g/mol. The van der Waals surface area contributed by atoms with Gasteiger partial charge in [-0.25, -0.2) is 0 Å². The Bertz CT molecular complexity index is 597. The van der Waals surface area contributed by atoms with Gasteiger partial charge in [-0.05, 0) is 43.9 Å². The molecule has 0 aliphatic carbocycles. The maximum Gasteiger partial charge on any atom is 0.194 e. The van der Waals surface area contributed by atoms with Gasteiger partial charge in [-0.15, -0.1) is 0 Å². The molecule has 150 valence electrons. The van der Waals surface area contributed by atoms with E-state index >= 15 is 0 Å². The molecular formula is C21H34N4O2. The first-order valence-corrected chi connectivity index (χ1v) is 10.2. The van der Waals surface area contributed by atoms with Gasteiger partial charge in [0.05, 0.1) is 12.7 Å². The van der Waals surface area contributed by atoms with Crippen molar-refractivity contribution in [3.05, 3.63) is 29.8 Å². The Labute approximate surface area is 163 Å². The molecule has 2 unspecified atom stereocenters. The molecule has 2 aliphatic rings. The van der Waals surface area contributed by atoms with Crippen LogP contribution in [0.4, 0.5) is 5.69 Å². The van der Waals surface area contributed by atoms with Gasteiger partial charge in [0.2, 0.25) is 0 Å². The molecule has 0 saturated carbocycles. The van der Waals surface area contributed by atoms with E-state index in [1.807, 2.05) is 0 Å². The van der Waals surface area contributed by atoms with Gasteiger partial charge in [-0.1, -0.05) is 12.1 Å². The summed E-state index contributed by atoms with van der Waals surface area (Å²) in [6.45, 7) is 7.12. The number of guanidine groups is 1. The summed E-state index contributed by atoms with van der Waals surface area (Å²) in [5.41, 5.74) is 2.54. The molecule has 6 nitrogen and oxygen atoms in total. The molecule has 2 saturated heterocycles. The topological polar surface area (TPSA) is 49.3 Å². The van der Waals surface area contributed by atoms with Crippen LogP contribution in [0.1, 0.15) is 25.3 Å². The molecule has 27 heavy (non-hydrogen) atoms. The number of aliphatic imine (C=N–C) groups is 1. The molecule has 6 heteroatoms. The van der Waals surface area contributed by atoms with E-state index in [4.69, 9.17) is 14.5 Å². The number of hydrogen-bond acceptors (Lipinski definition) is 4. The largest absolute Gasteiger partial charge is 0.378 e. The number of ether oxygens (including phenoxy) is 2. The van der Waals surface area contributed by atoms with E-state index in [9.17, 15) is 0 Å². The minimum absolute atomic E-state index is 0.156. The molecule has 0 spiro atoms. The van der Waals surface area contributed by atoms with Crippen LogP contribution < -0.4 is 10.2 Å². The van der Waals surface area contributed by atoms with Crippen LogP contribution in [0.25, 0.3) is 0 Å². The fraction of sp³-hybridized carbons (Fsp3) is 0.667. The zero-order valence-corrected chi connectivity index (χ0v) is 17.0. The van der Waals surface area contributed by atoms with Gasteiger partial charge < -0.3 is 24.6 Å². The summed E-state index contributed by atoms with van der Waals surface area (Å²) in [6, 6.07) is 8.72. The number of rotatable bonds is 6. The second kappa shape index (κ2) is 9.95. The second-order valence-electron chi connectivity index (χ2n) is 7.45. The Hall–Kier alpha value is -1.79. The van der Waals surface area contributed by atoms with E-state index in [-0.39, 0.29) is 12.2 Å². The molecule has 0 amide bonds. The minimum Gasteiger partial charge on any atom is -0.378 e. The number of nitrogens with zero attached hydrogens (tertiary/aromatic N) is 3. The van der Waals surface area contributed by atoms with Crippen LogP contribution in [0.5, 0.6) is 0 Å². The lowest BCUT2D eigenvalue weighted by Crippen LogP contribution is -2.53. The highest BCUT2D eigenvalue weighted by Gasteiger charge is 2.32. The highest BCUT2D eigenvalue weighted by atomic mass is 16.5. The third-order valence-electron chi connectivity index (χ3n) is 5.22. The molecule has 1 N–H and O–H groups in total. The minimum atomic E-state index is 0.156. The smallest absolute Gasteiger partial charge is 0.194 e. The Kier molecular flexibility index (Phi) is 7.35. The summed E-state index contributed by atoms with van der Waals surface area (Å²) in [6.07, 6.45) is 3.59. The van der Waals surface area contributed by atoms with E-state index in [1.165, 1.54) is 11.3 Å². The Morgan fingerprint density at radius 1 is 1.19 bits per heavy atom. The van der Waals surface area contributed by atoms with E-state index in [0.29, 0.717) is 0 Å². The number of morpholine rings is 1. The second-order valence-corrected chi connectivity index (χ2v) is 7.45. The van der Waals surface area contributed by atoms with Crippen LogP contribution >= 0.6 is 0 Å². The van der Waals surface area contributed by atoms with Crippen LogP contribution in [-0.2, 0) is 15.9 Å². The highest BCUT2D eigenvalue weighted by Crippen LogP contribution is 2.21. The van der Waals surface area contributed by atoms with Crippen LogP contribution in [0, 0.1) is 0 Å². The summed E-state index contributed by atoms with van der Waals surface area (Å²) in [5, 5.41) is 3.45. The third kappa shape index (κ3) is 5.59. The molecule has 1 aromatic carbocycles. The van der Waals surface area contributed by atoms with Gasteiger partial charge in [0, 0.05) is 52.6 Å². The SMILES string of the molecule is CCNC(=NCCc1ccc(N(C)C)cc1)N1CCOC(C2CCCO2)C1. The summed E-state index contributed by atoms with van der Waals surface area (Å²) >= 11 is 0. The van der Waals surface area contributed by atoms with E-state index < -0.39 is 0 Å². The normalized spacial score (nSPS) is 23.5. The zero-order chi connectivity index (χ0) is 19.1. The molecule has 0 aromatic heterocycles. The molecule has 3 rings (SSSR count). The summed E-state index contributed by atoms with van der Waals surface area (Å²) in [4.78, 5) is 9.32. The van der Waals surface area contributed by atoms with Crippen molar-refractivity contribution in [1.82, 2.24) is 10.2 Å². The predicted molar refractivity (Wildman–Crippen MR) is 111 cm³/mol. The number of hydrogen-bond donors (Lipinski definition) is 1. The molecule has 2 heterocycles. The number of benzene rings is 1. The zero-order valence-electron chi connectivity index (χ0n) is 17.0. The van der Waals surface area contributed by atoms with E-state index in [2.05, 4.69) is 60.4 Å². The van der Waals surface area contributed by atoms with Crippen LogP contribution in [0.3, 0.4) is 0 Å². The molecule has 1 aromatic rings. The van der Waals surface area contributed by atoms with E-state index in [0.717, 1.165) is 64.6 Å². The standard InChI is InChI=1S/C21H34N4O2/c1-4-22-21(23-12-11-17-7-9-18(10-8-17)24(2)3)25-13-15-27-20(16-25)19-6-5-14-26-19/h7-10,19-20H,4-6,11-16H2,1-3H3,(H,22,23). The van der Waals surface area contributed by atoms with Crippen LogP contribution in [-0.4, -0.2) is 76.6 Å². The Morgan fingerprint density at radius 2 is 1.96 bits per heavy atom. The number of anilines is 1. The maximum atomic E-state index is 5.97. The van der Waals surface area contributed by atoms with Crippen molar-refractivity contribution in [2.75, 3.05) is 58.4 Å². The van der Waals surface area contributed by atoms with Crippen molar-refractivity contribution in [3.63, 3.8) is 0 Å². The third-order valence-corrected chi connectivity index (χ3v) is 5.22. The van der Waals surface area contributed by atoms with Gasteiger partial charge in [0.1, 0.15) is 6.10 Å². The Morgan fingerprint density at radius 3 is 2.63 bits per heavy atom. The average molecular weight is 375 g/mol. The molecule has 2 atom stereocenters. The molecule has 0 radical (unpaired) electrons. The lowest BCUT2D eigenvalue weighted by atomic mass is 10.1. The first kappa shape index (κ1) is 20.0. The highest BCUT2D eigenvalue weighted by molar-refractivity contribution is 5.80. The summed E-state index contributed by atoms with van der Waals surface area (Å²) in [7, 11) is 4.13. The fourth-order valence-corrected chi connectivity index (χ4v) is 3.67. The lowest BCUT2D eigenvalue weighted by molar-refractivity contribution is -0.0817. The predicted octanol–water partition coefficient (Wildman–Crippen LogP) is 2.14. The first-order chi connectivity index (χ1) is 13.2. The van der Waals surface area contributed by atoms with Crippen LogP contribution in [0.15, 0.2) is 29.3 Å². The molecule has 0 bridgehead atoms. The number of nitrogens with one attached hydrogen (secondary N) is 1. The Balaban J connectivity index is 1.56. The van der Waals surface area contributed by atoms with Crippen molar-refractivity contribution in [2.45, 2.75) is 38.4 Å². The first-order valence-electron chi connectivity index (χ1n) is 10.2. The van der Waals surface area contributed by atoms with Gasteiger partial charge in [0.15, 0.2) is 5.96 Å². The van der Waals surface area contributed by atoms with Gasteiger partial charge in [-0.2, -0.15) is 0 Å². The van der Waals surface area contributed by atoms with Gasteiger partial charge in [0.25, 0.3) is 0 Å². The van der Waals surface area contributed by atoms with Crippen molar-refractivity contribution < 1.29 is 9.47 Å². The van der Waals surface area contributed by atoms with Crippen molar-refractivity contribution in [2.24, 2.45) is 4.99 Å². The maximum absolute atomic E-state index is 5.97. The molecule has 2 aliphatic heterocycles. The van der Waals surface area contributed by atoms with Crippen molar-refractivity contribution in [1.29, 1.82) is 0 Å². The summed E-state index contributed by atoms with van der Waals surface area (Å²) in [5.74, 6) is 0.994. The summed E-state index contributed by atoms with van der Waals surface area (Å²) < 4.78 is 11.8. The quantitative estimate of drug-likeness (QED) is 0.611. The van der Waals surface area contributed by atoms with Crippen LogP contribution in [0.2, 0.25) is 0 Å². The monoisotopic (exact) mass is 374 g/mol. The van der Waals surface area contributed by atoms with Gasteiger partial charge in [-0.3, -0.25) is 4.99 Å². The average Bonchev–Trinajstić information content (AvgIpc) is 3.23. The van der Waals surface area contributed by atoms with Crippen molar-refractivity contribution >= 4 is 11.6 Å². The molecule has 2 fully saturated rings. The fourth-order valence-electron chi connectivity index (χ4n) is 3.67. The lowest BCUT2D eigenvalue weighted by Gasteiger charge is -2.37.